The molecule has 1 heterocycles. The topological polar surface area (TPSA) is 73.9 Å². The van der Waals surface area contributed by atoms with Crippen LogP contribution in [0.2, 0.25) is 5.02 Å². The summed E-state index contributed by atoms with van der Waals surface area (Å²) in [5, 5.41) is 4.58. The first kappa shape index (κ1) is 32.0. The number of benzene rings is 3. The molecule has 0 radical (unpaired) electrons. The van der Waals surface area contributed by atoms with Crippen molar-refractivity contribution in [3.63, 3.8) is 0 Å². The standard InChI is InChI=1S/C30H30ClF5N4O3/c1-18-15-40(19(2)14-39(18)16-20-6-9-23(32)10-7-20)27(41)17-43-26-11-8-22(31)12-21(26)13-37-29(42)38-28-24(30(34,35)36)4-3-5-25(28)33/h3-12,18-19H,13-17H2,1-2H3,(H2,37,38,42)/t18-,19+/m1/s1. The molecule has 0 aliphatic carbocycles. The molecule has 13 heteroatoms. The van der Waals surface area contributed by atoms with E-state index in [2.05, 4.69) is 10.2 Å². The van der Waals surface area contributed by atoms with Crippen molar-refractivity contribution >= 4 is 29.2 Å². The lowest BCUT2D eigenvalue weighted by atomic mass is 10.1. The summed E-state index contributed by atoms with van der Waals surface area (Å²) in [6, 6.07) is 12.0. The summed E-state index contributed by atoms with van der Waals surface area (Å²) in [5.74, 6) is -1.57. The van der Waals surface area contributed by atoms with Crippen LogP contribution in [0.25, 0.3) is 0 Å². The Hall–Kier alpha value is -3.90. The van der Waals surface area contributed by atoms with Crippen LogP contribution < -0.4 is 15.4 Å². The molecule has 3 aromatic rings. The normalized spacial score (nSPS) is 17.4. The van der Waals surface area contributed by atoms with Crippen molar-refractivity contribution in [1.29, 1.82) is 0 Å². The van der Waals surface area contributed by atoms with Gasteiger partial charge in [0.25, 0.3) is 5.91 Å². The number of carbonyl (C=O) groups excluding carboxylic acids is 2. The molecule has 1 saturated heterocycles. The molecular formula is C30H30ClF5N4O3. The highest BCUT2D eigenvalue weighted by molar-refractivity contribution is 6.30. The Morgan fingerprint density at radius 1 is 1.00 bits per heavy atom. The Morgan fingerprint density at radius 2 is 1.72 bits per heavy atom. The summed E-state index contributed by atoms with van der Waals surface area (Å²) in [6.45, 7) is 5.07. The molecule has 43 heavy (non-hydrogen) atoms. The molecule has 0 spiro atoms. The number of nitrogens with one attached hydrogen (secondary N) is 2. The zero-order chi connectivity index (χ0) is 31.3. The van der Waals surface area contributed by atoms with E-state index in [9.17, 15) is 31.5 Å². The Morgan fingerprint density at radius 3 is 2.42 bits per heavy atom. The fourth-order valence-electron chi connectivity index (χ4n) is 4.86. The number of urea groups is 1. The Kier molecular flexibility index (Phi) is 10.1. The van der Waals surface area contributed by atoms with E-state index in [1.54, 1.807) is 17.0 Å². The fraction of sp³-hybridized carbons (Fsp3) is 0.333. The van der Waals surface area contributed by atoms with Crippen LogP contribution in [0.1, 0.15) is 30.5 Å². The molecule has 230 valence electrons. The lowest BCUT2D eigenvalue weighted by Gasteiger charge is -2.44. The molecule has 0 aromatic heterocycles. The van der Waals surface area contributed by atoms with E-state index in [1.165, 1.54) is 30.3 Å². The zero-order valence-corrected chi connectivity index (χ0v) is 24.1. The average molecular weight is 625 g/mol. The van der Waals surface area contributed by atoms with Gasteiger partial charge in [0, 0.05) is 48.8 Å². The Bertz CT molecular complexity index is 1450. The van der Waals surface area contributed by atoms with E-state index in [1.807, 2.05) is 19.2 Å². The number of carbonyl (C=O) groups is 2. The van der Waals surface area contributed by atoms with Crippen LogP contribution in [-0.4, -0.2) is 53.5 Å². The number of hydrogen-bond acceptors (Lipinski definition) is 4. The number of para-hydroxylation sites is 1. The van der Waals surface area contributed by atoms with Crippen molar-refractivity contribution in [2.75, 3.05) is 25.0 Å². The van der Waals surface area contributed by atoms with Gasteiger partial charge in [0.05, 0.1) is 11.3 Å². The molecule has 2 atom stereocenters. The number of piperazine rings is 1. The van der Waals surface area contributed by atoms with Crippen molar-refractivity contribution in [2.24, 2.45) is 0 Å². The number of rotatable bonds is 8. The number of alkyl halides is 3. The van der Waals surface area contributed by atoms with Gasteiger partial charge in [-0.05, 0) is 61.9 Å². The highest BCUT2D eigenvalue weighted by Gasteiger charge is 2.35. The number of anilines is 1. The molecule has 0 saturated carbocycles. The van der Waals surface area contributed by atoms with Gasteiger partial charge in [-0.15, -0.1) is 0 Å². The average Bonchev–Trinajstić information content (AvgIpc) is 2.94. The minimum absolute atomic E-state index is 0.0336. The SMILES string of the molecule is C[C@@H]1CN(C(=O)COc2ccc(Cl)cc2CNC(=O)Nc2c(F)cccc2C(F)(F)F)[C@@H](C)CN1Cc1ccc(F)cc1. The Balaban J connectivity index is 1.35. The van der Waals surface area contributed by atoms with Crippen molar-refractivity contribution in [2.45, 2.75) is 45.2 Å². The number of ether oxygens (including phenoxy) is 1. The van der Waals surface area contributed by atoms with Crippen LogP contribution in [0.15, 0.2) is 60.7 Å². The number of nitrogens with zero attached hydrogens (tertiary/aromatic N) is 2. The van der Waals surface area contributed by atoms with Gasteiger partial charge in [0.15, 0.2) is 6.61 Å². The van der Waals surface area contributed by atoms with Crippen molar-refractivity contribution < 1.29 is 36.3 Å². The Labute approximate surface area is 250 Å². The van der Waals surface area contributed by atoms with Gasteiger partial charge >= 0.3 is 12.2 Å². The second-order valence-corrected chi connectivity index (χ2v) is 10.7. The smallest absolute Gasteiger partial charge is 0.418 e. The molecule has 7 nitrogen and oxygen atoms in total. The maximum Gasteiger partial charge on any atom is 0.418 e. The molecule has 1 aliphatic rings. The van der Waals surface area contributed by atoms with Crippen molar-refractivity contribution in [3.8, 4) is 5.75 Å². The van der Waals surface area contributed by atoms with E-state index in [4.69, 9.17) is 16.3 Å². The number of amides is 3. The molecule has 1 fully saturated rings. The van der Waals surface area contributed by atoms with Crippen LogP contribution in [0.5, 0.6) is 5.75 Å². The van der Waals surface area contributed by atoms with Crippen LogP contribution in [0, 0.1) is 11.6 Å². The second kappa shape index (κ2) is 13.6. The minimum Gasteiger partial charge on any atom is -0.483 e. The van der Waals surface area contributed by atoms with E-state index in [0.29, 0.717) is 36.3 Å². The number of hydrogen-bond donors (Lipinski definition) is 2. The largest absolute Gasteiger partial charge is 0.483 e. The summed E-state index contributed by atoms with van der Waals surface area (Å²) < 4.78 is 72.9. The third kappa shape index (κ3) is 8.35. The zero-order valence-electron chi connectivity index (χ0n) is 23.4. The molecule has 2 N–H and O–H groups in total. The fourth-order valence-corrected chi connectivity index (χ4v) is 5.06. The lowest BCUT2D eigenvalue weighted by Crippen LogP contribution is -2.58. The van der Waals surface area contributed by atoms with E-state index in [0.717, 1.165) is 17.7 Å². The van der Waals surface area contributed by atoms with Gasteiger partial charge in [0.1, 0.15) is 17.4 Å². The monoisotopic (exact) mass is 624 g/mol. The van der Waals surface area contributed by atoms with E-state index in [-0.39, 0.29) is 42.7 Å². The van der Waals surface area contributed by atoms with E-state index >= 15 is 0 Å². The molecule has 3 amide bonds. The first-order valence-corrected chi connectivity index (χ1v) is 13.8. The van der Waals surface area contributed by atoms with Crippen LogP contribution in [0.3, 0.4) is 0 Å². The maximum absolute atomic E-state index is 14.1. The first-order chi connectivity index (χ1) is 20.3. The van der Waals surface area contributed by atoms with Crippen LogP contribution in [0.4, 0.5) is 32.4 Å². The molecule has 0 unspecified atom stereocenters. The van der Waals surface area contributed by atoms with Crippen molar-refractivity contribution in [1.82, 2.24) is 15.1 Å². The highest BCUT2D eigenvalue weighted by Crippen LogP contribution is 2.36. The number of halogens is 6. The minimum atomic E-state index is -4.88. The van der Waals surface area contributed by atoms with Gasteiger partial charge in [-0.2, -0.15) is 13.2 Å². The van der Waals surface area contributed by atoms with Crippen LogP contribution >= 0.6 is 11.6 Å². The lowest BCUT2D eigenvalue weighted by molar-refractivity contribution is -0.139. The second-order valence-electron chi connectivity index (χ2n) is 10.3. The predicted octanol–water partition coefficient (Wildman–Crippen LogP) is 6.46. The molecule has 4 rings (SSSR count). The van der Waals surface area contributed by atoms with Gasteiger partial charge in [-0.3, -0.25) is 9.69 Å². The summed E-state index contributed by atoms with van der Waals surface area (Å²) in [7, 11) is 0. The highest BCUT2D eigenvalue weighted by atomic mass is 35.5. The summed E-state index contributed by atoms with van der Waals surface area (Å²) in [6.07, 6.45) is -4.88. The first-order valence-electron chi connectivity index (χ1n) is 13.4. The third-order valence-corrected chi connectivity index (χ3v) is 7.34. The van der Waals surface area contributed by atoms with Gasteiger partial charge in [-0.25, -0.2) is 13.6 Å². The molecule has 1 aliphatic heterocycles. The van der Waals surface area contributed by atoms with Gasteiger partial charge < -0.3 is 20.3 Å². The maximum atomic E-state index is 14.1. The van der Waals surface area contributed by atoms with Crippen LogP contribution in [-0.2, 0) is 24.1 Å². The quantitative estimate of drug-likeness (QED) is 0.282. The predicted molar refractivity (Wildman–Crippen MR) is 152 cm³/mol. The summed E-state index contributed by atoms with van der Waals surface area (Å²) >= 11 is 6.10. The summed E-state index contributed by atoms with van der Waals surface area (Å²) in [4.78, 5) is 29.5. The van der Waals surface area contributed by atoms with Crippen molar-refractivity contribution in [3.05, 3.63) is 94.0 Å². The molecule has 3 aromatic carbocycles. The molecule has 0 bridgehead atoms. The third-order valence-electron chi connectivity index (χ3n) is 7.10. The summed E-state index contributed by atoms with van der Waals surface area (Å²) in [5.41, 5.74) is -1.00. The molecular weight excluding hydrogens is 595 g/mol. The van der Waals surface area contributed by atoms with Gasteiger partial charge in [0.2, 0.25) is 0 Å². The van der Waals surface area contributed by atoms with Gasteiger partial charge in [-0.1, -0.05) is 29.8 Å². The van der Waals surface area contributed by atoms with E-state index < -0.39 is 29.3 Å².